The van der Waals surface area contributed by atoms with Crippen molar-refractivity contribution in [3.63, 3.8) is 0 Å². The molecule has 4 heteroatoms. The van der Waals surface area contributed by atoms with E-state index in [1.807, 2.05) is 13.0 Å². The van der Waals surface area contributed by atoms with E-state index in [2.05, 4.69) is 38.8 Å². The summed E-state index contributed by atoms with van der Waals surface area (Å²) in [6, 6.07) is 1.81. The Morgan fingerprint density at radius 3 is 2.50 bits per heavy atom. The molecule has 18 heavy (non-hydrogen) atoms. The summed E-state index contributed by atoms with van der Waals surface area (Å²) in [5.74, 6) is 0. The highest BCUT2D eigenvalue weighted by Gasteiger charge is 2.37. The molecule has 3 nitrogen and oxygen atoms in total. The van der Waals surface area contributed by atoms with Crippen LogP contribution in [-0.4, -0.2) is 19.6 Å². The molecule has 1 aromatic heterocycles. The molecular weight excluding hydrogens is 242 g/mol. The van der Waals surface area contributed by atoms with E-state index >= 15 is 0 Å². The van der Waals surface area contributed by atoms with Gasteiger partial charge in [0.15, 0.2) is 14.6 Å². The normalized spacial score (nSPS) is 12.6. The fourth-order valence-electron chi connectivity index (χ4n) is 1.28. The van der Waals surface area contributed by atoms with E-state index in [0.717, 1.165) is 17.4 Å². The first kappa shape index (κ1) is 15.1. The molecule has 0 saturated heterocycles. The van der Waals surface area contributed by atoms with Crippen LogP contribution in [0.25, 0.3) is 0 Å². The van der Waals surface area contributed by atoms with E-state index in [4.69, 9.17) is 4.43 Å². The van der Waals surface area contributed by atoms with E-state index in [-0.39, 0.29) is 5.04 Å². The minimum Gasteiger partial charge on any atom is -0.413 e. The third-order valence-electron chi connectivity index (χ3n) is 3.75. The number of carbonyl (C=O) groups excluding carboxylic acids is 1. The smallest absolute Gasteiger partial charge is 0.192 e. The molecule has 0 unspecified atom stereocenters. The van der Waals surface area contributed by atoms with E-state index < -0.39 is 8.32 Å². The third-order valence-corrected chi connectivity index (χ3v) is 8.23. The van der Waals surface area contributed by atoms with Crippen LogP contribution < -0.4 is 0 Å². The average molecular weight is 265 g/mol. The number of pyridine rings is 1. The first-order valence-corrected chi connectivity index (χ1v) is 9.13. The highest BCUT2D eigenvalue weighted by Crippen LogP contribution is 2.37. The second-order valence-corrected chi connectivity index (χ2v) is 11.0. The van der Waals surface area contributed by atoms with Crippen LogP contribution >= 0.6 is 0 Å². The number of rotatable bonds is 4. The van der Waals surface area contributed by atoms with E-state index in [0.29, 0.717) is 12.3 Å². The van der Waals surface area contributed by atoms with Crippen molar-refractivity contribution in [3.8, 4) is 0 Å². The maximum absolute atomic E-state index is 10.7. The van der Waals surface area contributed by atoms with Gasteiger partial charge in [0, 0.05) is 6.20 Å². The molecule has 0 amide bonds. The summed E-state index contributed by atoms with van der Waals surface area (Å²) >= 11 is 0. The molecule has 0 atom stereocenters. The maximum atomic E-state index is 10.7. The zero-order valence-electron chi connectivity index (χ0n) is 12.2. The predicted octanol–water partition coefficient (Wildman–Crippen LogP) is 3.72. The van der Waals surface area contributed by atoms with Crippen molar-refractivity contribution in [1.29, 1.82) is 0 Å². The van der Waals surface area contributed by atoms with Crippen LogP contribution in [0.15, 0.2) is 12.3 Å². The zero-order chi connectivity index (χ0) is 14.0. The lowest BCUT2D eigenvalue weighted by molar-refractivity contribution is 0.111. The van der Waals surface area contributed by atoms with Crippen LogP contribution in [-0.2, 0) is 11.0 Å². The molecule has 0 fully saturated rings. The molecule has 0 aromatic carbocycles. The molecule has 0 aliphatic carbocycles. The summed E-state index contributed by atoms with van der Waals surface area (Å²) in [6.45, 7) is 13.7. The fraction of sp³-hybridized carbons (Fsp3) is 0.571. The van der Waals surface area contributed by atoms with Crippen molar-refractivity contribution < 1.29 is 9.22 Å². The lowest BCUT2D eigenvalue weighted by atomic mass is 10.1. The standard InChI is InChI=1S/C14H23NO2Si/c1-11-8-15-13(9-16)7-12(11)10-17-18(5,6)14(2,3)4/h7-9H,10H2,1-6H3. The van der Waals surface area contributed by atoms with E-state index in [1.165, 1.54) is 0 Å². The molecule has 100 valence electrons. The summed E-state index contributed by atoms with van der Waals surface area (Å²) in [7, 11) is -1.75. The van der Waals surface area contributed by atoms with Crippen molar-refractivity contribution in [2.75, 3.05) is 0 Å². The van der Waals surface area contributed by atoms with Gasteiger partial charge in [-0.1, -0.05) is 20.8 Å². The lowest BCUT2D eigenvalue weighted by Gasteiger charge is -2.36. The number of carbonyl (C=O) groups is 1. The number of aldehydes is 1. The van der Waals surface area contributed by atoms with Crippen LogP contribution in [0, 0.1) is 6.92 Å². The summed E-state index contributed by atoms with van der Waals surface area (Å²) in [4.78, 5) is 14.8. The molecule has 1 rings (SSSR count). The van der Waals surface area contributed by atoms with Crippen LogP contribution in [0.3, 0.4) is 0 Å². The molecule has 0 saturated carbocycles. The van der Waals surface area contributed by atoms with Crippen molar-refractivity contribution in [3.05, 3.63) is 29.1 Å². The summed E-state index contributed by atoms with van der Waals surface area (Å²) in [5, 5.41) is 0.196. The van der Waals surface area contributed by atoms with Crippen LogP contribution in [0.5, 0.6) is 0 Å². The first-order chi connectivity index (χ1) is 8.17. The molecule has 0 aliphatic heterocycles. The zero-order valence-corrected chi connectivity index (χ0v) is 13.2. The monoisotopic (exact) mass is 265 g/mol. The Hall–Kier alpha value is -1.00. The van der Waals surface area contributed by atoms with Gasteiger partial charge < -0.3 is 4.43 Å². The molecule has 0 N–H and O–H groups in total. The van der Waals surface area contributed by atoms with Crippen molar-refractivity contribution in [1.82, 2.24) is 4.98 Å². The number of aryl methyl sites for hydroxylation is 1. The summed E-state index contributed by atoms with van der Waals surface area (Å²) in [6.07, 6.45) is 2.50. The molecule has 0 radical (unpaired) electrons. The van der Waals surface area contributed by atoms with Gasteiger partial charge in [0.25, 0.3) is 0 Å². The number of nitrogens with zero attached hydrogens (tertiary/aromatic N) is 1. The average Bonchev–Trinajstić information content (AvgIpc) is 2.26. The maximum Gasteiger partial charge on any atom is 0.192 e. The number of hydrogen-bond acceptors (Lipinski definition) is 3. The van der Waals surface area contributed by atoms with Crippen molar-refractivity contribution in [2.24, 2.45) is 0 Å². The molecule has 0 spiro atoms. The fourth-order valence-corrected chi connectivity index (χ4v) is 2.23. The molecule has 0 bridgehead atoms. The minimum atomic E-state index is -1.75. The van der Waals surface area contributed by atoms with Gasteiger partial charge in [-0.3, -0.25) is 9.78 Å². The second kappa shape index (κ2) is 5.32. The van der Waals surface area contributed by atoms with Gasteiger partial charge in [-0.2, -0.15) is 0 Å². The van der Waals surface area contributed by atoms with Gasteiger partial charge in [0.1, 0.15) is 5.69 Å². The van der Waals surface area contributed by atoms with E-state index in [9.17, 15) is 4.79 Å². The quantitative estimate of drug-likeness (QED) is 0.615. The van der Waals surface area contributed by atoms with Gasteiger partial charge >= 0.3 is 0 Å². The van der Waals surface area contributed by atoms with Gasteiger partial charge in [-0.25, -0.2) is 0 Å². The third kappa shape index (κ3) is 3.49. The predicted molar refractivity (Wildman–Crippen MR) is 76.3 cm³/mol. The first-order valence-electron chi connectivity index (χ1n) is 6.22. The topological polar surface area (TPSA) is 39.2 Å². The minimum absolute atomic E-state index is 0.196. The Balaban J connectivity index is 2.83. The highest BCUT2D eigenvalue weighted by atomic mass is 28.4. The second-order valence-electron chi connectivity index (χ2n) is 6.20. The Labute approximate surface area is 111 Å². The Kier molecular flexibility index (Phi) is 4.45. The highest BCUT2D eigenvalue weighted by molar-refractivity contribution is 6.74. The number of aromatic nitrogens is 1. The largest absolute Gasteiger partial charge is 0.413 e. The van der Waals surface area contributed by atoms with Crippen molar-refractivity contribution in [2.45, 2.75) is 52.4 Å². The van der Waals surface area contributed by atoms with E-state index in [1.54, 1.807) is 6.20 Å². The Morgan fingerprint density at radius 1 is 1.39 bits per heavy atom. The Bertz CT molecular complexity index is 436. The van der Waals surface area contributed by atoms with Crippen molar-refractivity contribution >= 4 is 14.6 Å². The molecule has 1 aromatic rings. The van der Waals surface area contributed by atoms with Crippen LogP contribution in [0.2, 0.25) is 18.1 Å². The summed E-state index contributed by atoms with van der Waals surface area (Å²) in [5.41, 5.74) is 2.59. The van der Waals surface area contributed by atoms with Gasteiger partial charge in [0.05, 0.1) is 6.61 Å². The van der Waals surface area contributed by atoms with Gasteiger partial charge in [-0.15, -0.1) is 0 Å². The van der Waals surface area contributed by atoms with Gasteiger partial charge in [-0.05, 0) is 42.2 Å². The molecule has 0 aliphatic rings. The Morgan fingerprint density at radius 2 is 2.00 bits per heavy atom. The molecular formula is C14H23NO2Si. The van der Waals surface area contributed by atoms with Crippen LogP contribution in [0.4, 0.5) is 0 Å². The van der Waals surface area contributed by atoms with Crippen LogP contribution in [0.1, 0.15) is 42.4 Å². The lowest BCUT2D eigenvalue weighted by Crippen LogP contribution is -2.40. The SMILES string of the molecule is Cc1cnc(C=O)cc1CO[Si](C)(C)C(C)(C)C. The summed E-state index contributed by atoms with van der Waals surface area (Å²) < 4.78 is 6.16. The number of hydrogen-bond donors (Lipinski definition) is 0. The molecule has 1 heterocycles. The van der Waals surface area contributed by atoms with Gasteiger partial charge in [0.2, 0.25) is 0 Å².